The fraction of sp³-hybridized carbons (Fsp3) is 0.588. The first kappa shape index (κ1) is 16.6. The lowest BCUT2D eigenvalue weighted by Crippen LogP contribution is -2.19. The van der Waals surface area contributed by atoms with Crippen LogP contribution < -0.4 is 15.2 Å². The number of nitrogens with two attached hydrogens (primary N) is 1. The van der Waals surface area contributed by atoms with E-state index in [2.05, 4.69) is 6.07 Å². The summed E-state index contributed by atoms with van der Waals surface area (Å²) in [6.07, 6.45) is 2.68. The molecule has 22 heavy (non-hydrogen) atoms. The van der Waals surface area contributed by atoms with Crippen molar-refractivity contribution in [2.24, 2.45) is 5.73 Å². The maximum Gasteiger partial charge on any atom is 0.305 e. The van der Waals surface area contributed by atoms with E-state index < -0.39 is 0 Å². The Kier molecular flexibility index (Phi) is 6.07. The molecule has 1 aliphatic carbocycles. The largest absolute Gasteiger partial charge is 0.490 e. The number of hydrogen-bond acceptors (Lipinski definition) is 5. The normalized spacial score (nSPS) is 16.2. The van der Waals surface area contributed by atoms with Crippen LogP contribution in [0, 0.1) is 0 Å². The standard InChI is InChI=1S/C17H25NO4/c1-3-20-15-8-7-12-10-13(18)11-14(12)17(15)22-9-5-6-16(19)21-4-2/h7-8,13H,3-6,9-11,18H2,1-2H3. The summed E-state index contributed by atoms with van der Waals surface area (Å²) in [7, 11) is 0. The zero-order valence-corrected chi connectivity index (χ0v) is 13.4. The second kappa shape index (κ2) is 8.03. The van der Waals surface area contributed by atoms with Gasteiger partial charge in [0, 0.05) is 18.0 Å². The molecule has 1 aromatic rings. The first-order valence-corrected chi connectivity index (χ1v) is 7.97. The van der Waals surface area contributed by atoms with Crippen LogP contribution in [0.25, 0.3) is 0 Å². The summed E-state index contributed by atoms with van der Waals surface area (Å²) >= 11 is 0. The molecule has 0 fully saturated rings. The van der Waals surface area contributed by atoms with Gasteiger partial charge in [0.05, 0.1) is 19.8 Å². The highest BCUT2D eigenvalue weighted by atomic mass is 16.5. The predicted molar refractivity (Wildman–Crippen MR) is 84.4 cm³/mol. The molecule has 0 bridgehead atoms. The maximum absolute atomic E-state index is 11.3. The molecule has 0 aliphatic heterocycles. The third-order valence-corrected chi connectivity index (χ3v) is 3.65. The summed E-state index contributed by atoms with van der Waals surface area (Å²) < 4.78 is 16.5. The average Bonchev–Trinajstić information content (AvgIpc) is 2.86. The lowest BCUT2D eigenvalue weighted by molar-refractivity contribution is -0.143. The number of carbonyl (C=O) groups excluding carboxylic acids is 1. The predicted octanol–water partition coefficient (Wildman–Crippen LogP) is 2.23. The van der Waals surface area contributed by atoms with Crippen LogP contribution >= 0.6 is 0 Å². The van der Waals surface area contributed by atoms with E-state index in [0.717, 1.165) is 29.9 Å². The second-order valence-electron chi connectivity index (χ2n) is 5.39. The van der Waals surface area contributed by atoms with Crippen molar-refractivity contribution >= 4 is 5.97 Å². The molecule has 5 nitrogen and oxygen atoms in total. The highest BCUT2D eigenvalue weighted by Crippen LogP contribution is 2.38. The molecule has 122 valence electrons. The average molecular weight is 307 g/mol. The quantitative estimate of drug-likeness (QED) is 0.589. The van der Waals surface area contributed by atoms with Gasteiger partial charge in [0.15, 0.2) is 11.5 Å². The first-order valence-electron chi connectivity index (χ1n) is 7.97. The number of benzene rings is 1. The van der Waals surface area contributed by atoms with E-state index in [1.807, 2.05) is 13.0 Å². The molecule has 1 atom stereocenters. The summed E-state index contributed by atoms with van der Waals surface area (Å²) in [6.45, 7) is 5.22. The number of ether oxygens (including phenoxy) is 3. The Morgan fingerprint density at radius 2 is 2.05 bits per heavy atom. The van der Waals surface area contributed by atoms with Crippen LogP contribution in [-0.2, 0) is 22.4 Å². The lowest BCUT2D eigenvalue weighted by Gasteiger charge is -2.15. The molecular weight excluding hydrogens is 282 g/mol. The molecule has 1 aromatic carbocycles. The van der Waals surface area contributed by atoms with Gasteiger partial charge in [0.2, 0.25) is 0 Å². The highest BCUT2D eigenvalue weighted by molar-refractivity contribution is 5.69. The molecule has 0 aromatic heterocycles. The molecule has 0 saturated carbocycles. The summed E-state index contributed by atoms with van der Waals surface area (Å²) in [6, 6.07) is 4.16. The molecule has 2 N–H and O–H groups in total. The van der Waals surface area contributed by atoms with Gasteiger partial charge in [-0.25, -0.2) is 0 Å². The Morgan fingerprint density at radius 1 is 1.23 bits per heavy atom. The first-order chi connectivity index (χ1) is 10.7. The third-order valence-electron chi connectivity index (χ3n) is 3.65. The molecule has 0 heterocycles. The molecule has 0 radical (unpaired) electrons. The number of hydrogen-bond donors (Lipinski definition) is 1. The van der Waals surface area contributed by atoms with Gasteiger partial charge in [0.25, 0.3) is 0 Å². The van der Waals surface area contributed by atoms with Crippen LogP contribution in [0.4, 0.5) is 0 Å². The van der Waals surface area contributed by atoms with E-state index in [9.17, 15) is 4.79 Å². The van der Waals surface area contributed by atoms with Crippen molar-refractivity contribution in [2.75, 3.05) is 19.8 Å². The van der Waals surface area contributed by atoms with Gasteiger partial charge < -0.3 is 19.9 Å². The van der Waals surface area contributed by atoms with Gasteiger partial charge >= 0.3 is 5.97 Å². The molecule has 0 amide bonds. The molecule has 1 unspecified atom stereocenters. The summed E-state index contributed by atoms with van der Waals surface area (Å²) in [5, 5.41) is 0. The number of fused-ring (bicyclic) bond motifs is 1. The fourth-order valence-electron chi connectivity index (χ4n) is 2.73. The smallest absolute Gasteiger partial charge is 0.305 e. The minimum Gasteiger partial charge on any atom is -0.490 e. The van der Waals surface area contributed by atoms with Crippen LogP contribution in [-0.4, -0.2) is 31.8 Å². The van der Waals surface area contributed by atoms with E-state index in [0.29, 0.717) is 32.7 Å². The van der Waals surface area contributed by atoms with Crippen LogP contribution in [0.1, 0.15) is 37.8 Å². The maximum atomic E-state index is 11.3. The van der Waals surface area contributed by atoms with Gasteiger partial charge in [-0.3, -0.25) is 4.79 Å². The number of rotatable bonds is 8. The van der Waals surface area contributed by atoms with Crippen molar-refractivity contribution in [3.8, 4) is 11.5 Å². The summed E-state index contributed by atoms with van der Waals surface area (Å²) in [5.74, 6) is 1.36. The molecule has 0 spiro atoms. The Balaban J connectivity index is 1.99. The second-order valence-corrected chi connectivity index (χ2v) is 5.39. The lowest BCUT2D eigenvalue weighted by atomic mass is 10.1. The summed E-state index contributed by atoms with van der Waals surface area (Å²) in [4.78, 5) is 11.3. The SMILES string of the molecule is CCOC(=O)CCCOc1c(OCC)ccc2c1CC(N)C2. The van der Waals surface area contributed by atoms with E-state index >= 15 is 0 Å². The van der Waals surface area contributed by atoms with E-state index in [1.165, 1.54) is 5.56 Å². The van der Waals surface area contributed by atoms with Crippen molar-refractivity contribution in [1.29, 1.82) is 0 Å². The minimum absolute atomic E-state index is 0.147. The topological polar surface area (TPSA) is 70.8 Å². The monoisotopic (exact) mass is 307 g/mol. The van der Waals surface area contributed by atoms with Crippen LogP contribution in [0.15, 0.2) is 12.1 Å². The van der Waals surface area contributed by atoms with E-state index in [-0.39, 0.29) is 12.0 Å². The van der Waals surface area contributed by atoms with Crippen LogP contribution in [0.2, 0.25) is 0 Å². The zero-order valence-electron chi connectivity index (χ0n) is 13.4. The Labute approximate surface area is 131 Å². The molecule has 0 saturated heterocycles. The van der Waals surface area contributed by atoms with Gasteiger partial charge in [-0.2, -0.15) is 0 Å². The number of carbonyl (C=O) groups is 1. The van der Waals surface area contributed by atoms with Crippen LogP contribution in [0.3, 0.4) is 0 Å². The summed E-state index contributed by atoms with van der Waals surface area (Å²) in [5.41, 5.74) is 8.43. The minimum atomic E-state index is -0.184. The van der Waals surface area contributed by atoms with Gasteiger partial charge in [-0.05, 0) is 44.7 Å². The number of esters is 1. The third kappa shape index (κ3) is 4.13. The van der Waals surface area contributed by atoms with Crippen molar-refractivity contribution < 1.29 is 19.0 Å². The Morgan fingerprint density at radius 3 is 2.77 bits per heavy atom. The molecular formula is C17H25NO4. The van der Waals surface area contributed by atoms with Crippen molar-refractivity contribution in [2.45, 2.75) is 45.6 Å². The molecule has 5 heteroatoms. The zero-order chi connectivity index (χ0) is 15.9. The van der Waals surface area contributed by atoms with Crippen molar-refractivity contribution in [3.63, 3.8) is 0 Å². The van der Waals surface area contributed by atoms with Crippen LogP contribution in [0.5, 0.6) is 11.5 Å². The molecule has 1 aliphatic rings. The van der Waals surface area contributed by atoms with Crippen molar-refractivity contribution in [3.05, 3.63) is 23.3 Å². The Bertz CT molecular complexity index is 516. The van der Waals surface area contributed by atoms with E-state index in [4.69, 9.17) is 19.9 Å². The molecule has 2 rings (SSSR count). The van der Waals surface area contributed by atoms with Gasteiger partial charge in [0.1, 0.15) is 0 Å². The van der Waals surface area contributed by atoms with Crippen molar-refractivity contribution in [1.82, 2.24) is 0 Å². The highest BCUT2D eigenvalue weighted by Gasteiger charge is 2.24. The Hall–Kier alpha value is -1.75. The fourth-order valence-corrected chi connectivity index (χ4v) is 2.73. The van der Waals surface area contributed by atoms with Gasteiger partial charge in [-0.1, -0.05) is 6.07 Å². The van der Waals surface area contributed by atoms with Gasteiger partial charge in [-0.15, -0.1) is 0 Å². The van der Waals surface area contributed by atoms with E-state index in [1.54, 1.807) is 6.92 Å².